The smallest absolute Gasteiger partial charge is 0.155 e. The van der Waals surface area contributed by atoms with Gasteiger partial charge in [-0.05, 0) is 37.3 Å². The molecule has 1 N–H and O–H groups in total. The Kier molecular flexibility index (Phi) is 5.69. The number of anilines is 1. The number of unbranched alkanes of at least 4 members (excludes halogenated alkanes) is 1. The van der Waals surface area contributed by atoms with Crippen LogP contribution in [0.2, 0.25) is 5.15 Å². The molecular weight excluding hydrogens is 234 g/mol. The van der Waals surface area contributed by atoms with Crippen LogP contribution in [0.1, 0.15) is 44.2 Å². The number of aromatic nitrogens is 2. The van der Waals surface area contributed by atoms with Crippen LogP contribution in [-0.2, 0) is 0 Å². The van der Waals surface area contributed by atoms with Crippen molar-refractivity contribution in [2.24, 2.45) is 5.92 Å². The molecule has 0 amide bonds. The minimum atomic E-state index is 0.493. The molecule has 0 radical (unpaired) electrons. The molecule has 1 aromatic rings. The Morgan fingerprint density at radius 3 is 2.47 bits per heavy atom. The van der Waals surface area contributed by atoms with E-state index < -0.39 is 0 Å². The Hall–Kier alpha value is -0.830. The molecule has 3 nitrogen and oxygen atoms in total. The van der Waals surface area contributed by atoms with Gasteiger partial charge in [0.2, 0.25) is 0 Å². The maximum Gasteiger partial charge on any atom is 0.155 e. The molecule has 0 unspecified atom stereocenters. The first-order valence-electron chi connectivity index (χ1n) is 6.25. The van der Waals surface area contributed by atoms with Crippen molar-refractivity contribution < 1.29 is 0 Å². The lowest BCUT2D eigenvalue weighted by Crippen LogP contribution is -2.07. The van der Waals surface area contributed by atoms with Crippen molar-refractivity contribution in [3.63, 3.8) is 0 Å². The van der Waals surface area contributed by atoms with Gasteiger partial charge < -0.3 is 5.32 Å². The van der Waals surface area contributed by atoms with E-state index in [4.69, 9.17) is 11.6 Å². The second-order valence-electron chi connectivity index (χ2n) is 4.91. The summed E-state index contributed by atoms with van der Waals surface area (Å²) in [5, 5.41) is 11.8. The van der Waals surface area contributed by atoms with Crippen LogP contribution in [0.25, 0.3) is 0 Å². The molecule has 0 bridgehead atoms. The molecule has 0 saturated carbocycles. The van der Waals surface area contributed by atoms with Crippen molar-refractivity contribution in [1.29, 1.82) is 0 Å². The Labute approximate surface area is 109 Å². The van der Waals surface area contributed by atoms with Crippen molar-refractivity contribution in [2.75, 3.05) is 11.9 Å². The van der Waals surface area contributed by atoms with Crippen LogP contribution >= 0.6 is 11.6 Å². The third-order valence-electron chi connectivity index (χ3n) is 2.97. The van der Waals surface area contributed by atoms with E-state index in [0.29, 0.717) is 5.15 Å². The zero-order valence-corrected chi connectivity index (χ0v) is 11.9. The summed E-state index contributed by atoms with van der Waals surface area (Å²) < 4.78 is 0. The number of hydrogen-bond acceptors (Lipinski definition) is 3. The Bertz CT molecular complexity index is 364. The molecule has 0 spiro atoms. The highest BCUT2D eigenvalue weighted by atomic mass is 35.5. The lowest BCUT2D eigenvalue weighted by atomic mass is 10.1. The molecule has 1 rings (SSSR count). The van der Waals surface area contributed by atoms with Crippen molar-refractivity contribution in [3.05, 3.63) is 16.3 Å². The molecule has 0 atom stereocenters. The van der Waals surface area contributed by atoms with E-state index in [-0.39, 0.29) is 0 Å². The minimum absolute atomic E-state index is 0.493. The molecule has 17 heavy (non-hydrogen) atoms. The van der Waals surface area contributed by atoms with Gasteiger partial charge in [-0.2, -0.15) is 0 Å². The molecule has 0 aliphatic rings. The van der Waals surface area contributed by atoms with Gasteiger partial charge in [0, 0.05) is 6.54 Å². The van der Waals surface area contributed by atoms with E-state index in [9.17, 15) is 0 Å². The highest BCUT2D eigenvalue weighted by Gasteiger charge is 2.07. The molecule has 1 heterocycles. The van der Waals surface area contributed by atoms with Gasteiger partial charge in [-0.3, -0.25) is 0 Å². The van der Waals surface area contributed by atoms with Crippen LogP contribution in [0.5, 0.6) is 0 Å². The van der Waals surface area contributed by atoms with Crippen molar-refractivity contribution in [1.82, 2.24) is 10.2 Å². The summed E-state index contributed by atoms with van der Waals surface area (Å²) in [6.07, 6.45) is 3.71. The highest BCUT2D eigenvalue weighted by Crippen LogP contribution is 2.20. The lowest BCUT2D eigenvalue weighted by Gasteiger charge is -2.10. The maximum absolute atomic E-state index is 5.90. The van der Waals surface area contributed by atoms with Crippen molar-refractivity contribution in [2.45, 2.75) is 47.0 Å². The summed E-state index contributed by atoms with van der Waals surface area (Å²) in [5.41, 5.74) is 2.10. The third kappa shape index (κ3) is 4.50. The summed E-state index contributed by atoms with van der Waals surface area (Å²) in [5.74, 6) is 1.64. The van der Waals surface area contributed by atoms with Gasteiger partial charge in [-0.1, -0.05) is 38.3 Å². The SMILES string of the molecule is Cc1c(Cl)nnc(NCCCCC(C)C)c1C. The first-order chi connectivity index (χ1) is 8.02. The number of nitrogens with one attached hydrogen (secondary N) is 1. The van der Waals surface area contributed by atoms with Crippen LogP contribution in [0.3, 0.4) is 0 Å². The highest BCUT2D eigenvalue weighted by molar-refractivity contribution is 6.30. The zero-order valence-electron chi connectivity index (χ0n) is 11.2. The van der Waals surface area contributed by atoms with Gasteiger partial charge in [0.05, 0.1) is 0 Å². The molecular formula is C13H22ClN3. The summed E-state index contributed by atoms with van der Waals surface area (Å²) in [6.45, 7) is 9.45. The van der Waals surface area contributed by atoms with E-state index in [2.05, 4.69) is 29.4 Å². The maximum atomic E-state index is 5.90. The molecule has 4 heteroatoms. The topological polar surface area (TPSA) is 37.8 Å². The first kappa shape index (κ1) is 14.2. The predicted octanol–water partition coefficient (Wildman–Crippen LogP) is 3.99. The fourth-order valence-electron chi connectivity index (χ4n) is 1.63. The second-order valence-corrected chi connectivity index (χ2v) is 5.26. The second kappa shape index (κ2) is 6.80. The largest absolute Gasteiger partial charge is 0.368 e. The number of hydrogen-bond donors (Lipinski definition) is 1. The molecule has 1 aromatic heterocycles. The van der Waals surface area contributed by atoms with E-state index in [1.807, 2.05) is 13.8 Å². The molecule has 0 aliphatic carbocycles. The third-order valence-corrected chi connectivity index (χ3v) is 3.32. The average Bonchev–Trinajstić information content (AvgIpc) is 2.28. The molecule has 0 saturated heterocycles. The Morgan fingerprint density at radius 2 is 1.82 bits per heavy atom. The monoisotopic (exact) mass is 255 g/mol. The van der Waals surface area contributed by atoms with Gasteiger partial charge in [-0.25, -0.2) is 0 Å². The van der Waals surface area contributed by atoms with Gasteiger partial charge in [0.1, 0.15) is 0 Å². The average molecular weight is 256 g/mol. The molecule has 0 aromatic carbocycles. The van der Waals surface area contributed by atoms with E-state index in [0.717, 1.165) is 29.4 Å². The van der Waals surface area contributed by atoms with E-state index in [1.54, 1.807) is 0 Å². The fourth-order valence-corrected chi connectivity index (χ4v) is 1.81. The normalized spacial score (nSPS) is 10.9. The summed E-state index contributed by atoms with van der Waals surface area (Å²) in [4.78, 5) is 0. The minimum Gasteiger partial charge on any atom is -0.368 e. The zero-order chi connectivity index (χ0) is 12.8. The number of nitrogens with zero attached hydrogens (tertiary/aromatic N) is 2. The van der Waals surface area contributed by atoms with E-state index in [1.165, 1.54) is 19.3 Å². The lowest BCUT2D eigenvalue weighted by molar-refractivity contribution is 0.544. The van der Waals surface area contributed by atoms with Crippen LogP contribution < -0.4 is 5.32 Å². The van der Waals surface area contributed by atoms with Gasteiger partial charge >= 0.3 is 0 Å². The standard InChI is InChI=1S/C13H22ClN3/c1-9(2)7-5-6-8-15-13-11(4)10(3)12(14)16-17-13/h9H,5-8H2,1-4H3,(H,15,17). The summed E-state index contributed by atoms with van der Waals surface area (Å²) in [6, 6.07) is 0. The molecule has 0 aliphatic heterocycles. The summed E-state index contributed by atoms with van der Waals surface area (Å²) in [7, 11) is 0. The van der Waals surface area contributed by atoms with Crippen LogP contribution in [0.15, 0.2) is 0 Å². The molecule has 0 fully saturated rings. The predicted molar refractivity (Wildman–Crippen MR) is 73.7 cm³/mol. The van der Waals surface area contributed by atoms with E-state index >= 15 is 0 Å². The van der Waals surface area contributed by atoms with Gasteiger partial charge in [-0.15, -0.1) is 10.2 Å². The van der Waals surface area contributed by atoms with Crippen LogP contribution in [0.4, 0.5) is 5.82 Å². The summed E-state index contributed by atoms with van der Waals surface area (Å²) >= 11 is 5.90. The van der Waals surface area contributed by atoms with Gasteiger partial charge in [0.25, 0.3) is 0 Å². The Balaban J connectivity index is 2.40. The Morgan fingerprint density at radius 1 is 1.12 bits per heavy atom. The first-order valence-corrected chi connectivity index (χ1v) is 6.63. The number of rotatable bonds is 6. The van der Waals surface area contributed by atoms with Crippen LogP contribution in [0, 0.1) is 19.8 Å². The van der Waals surface area contributed by atoms with Crippen molar-refractivity contribution in [3.8, 4) is 0 Å². The van der Waals surface area contributed by atoms with Crippen molar-refractivity contribution >= 4 is 17.4 Å². The fraction of sp³-hybridized carbons (Fsp3) is 0.692. The molecule has 96 valence electrons. The van der Waals surface area contributed by atoms with Crippen LogP contribution in [-0.4, -0.2) is 16.7 Å². The van der Waals surface area contributed by atoms with Gasteiger partial charge in [0.15, 0.2) is 11.0 Å². The quantitative estimate of drug-likeness (QED) is 0.782. The number of halogens is 1.